The van der Waals surface area contributed by atoms with Gasteiger partial charge in [0.15, 0.2) is 5.82 Å². The lowest BCUT2D eigenvalue weighted by Gasteiger charge is -1.97. The van der Waals surface area contributed by atoms with E-state index in [2.05, 4.69) is 50.3 Å². The average Bonchev–Trinajstić information content (AvgIpc) is 2.91. The van der Waals surface area contributed by atoms with Crippen LogP contribution in [0.4, 0.5) is 0 Å². The van der Waals surface area contributed by atoms with Crippen LogP contribution in [0.1, 0.15) is 23.3 Å². The summed E-state index contributed by atoms with van der Waals surface area (Å²) in [4.78, 5) is 0.874. The van der Waals surface area contributed by atoms with E-state index in [1.54, 1.807) is 11.3 Å². The van der Waals surface area contributed by atoms with E-state index in [-0.39, 0.29) is 0 Å². The van der Waals surface area contributed by atoms with E-state index in [1.165, 1.54) is 5.56 Å². The molecule has 4 nitrogen and oxygen atoms in total. The molecule has 0 fully saturated rings. The molecule has 0 unspecified atom stereocenters. The first-order chi connectivity index (χ1) is 8.76. The SMILES string of the molecule is CCc1nnc2sc(Cc3ccc(Br)cc3)nn12. The van der Waals surface area contributed by atoms with E-state index in [4.69, 9.17) is 0 Å². The Morgan fingerprint density at radius 2 is 2.00 bits per heavy atom. The topological polar surface area (TPSA) is 43.1 Å². The third-order valence-corrected chi connectivity index (χ3v) is 4.11. The molecule has 0 amide bonds. The Labute approximate surface area is 117 Å². The molecule has 3 rings (SSSR count). The number of rotatable bonds is 3. The number of fused-ring (bicyclic) bond motifs is 1. The molecule has 0 aliphatic carbocycles. The van der Waals surface area contributed by atoms with E-state index in [0.29, 0.717) is 0 Å². The summed E-state index contributed by atoms with van der Waals surface area (Å²) in [7, 11) is 0. The predicted octanol–water partition coefficient (Wildman–Crippen LogP) is 3.10. The lowest BCUT2D eigenvalue weighted by molar-refractivity contribution is 0.817. The molecule has 0 saturated heterocycles. The molecule has 0 atom stereocenters. The average molecular weight is 323 g/mol. The van der Waals surface area contributed by atoms with Crippen LogP contribution in [-0.2, 0) is 12.8 Å². The van der Waals surface area contributed by atoms with Gasteiger partial charge in [-0.05, 0) is 17.7 Å². The highest BCUT2D eigenvalue weighted by Crippen LogP contribution is 2.19. The molecule has 0 aliphatic heterocycles. The summed E-state index contributed by atoms with van der Waals surface area (Å²) in [5.74, 6) is 0.920. The first-order valence-corrected chi connectivity index (χ1v) is 7.31. The minimum absolute atomic E-state index is 0.838. The number of aryl methyl sites for hydroxylation is 1. The lowest BCUT2D eigenvalue weighted by Crippen LogP contribution is -1.95. The molecule has 0 bridgehead atoms. The highest BCUT2D eigenvalue weighted by Gasteiger charge is 2.10. The normalized spacial score (nSPS) is 11.2. The summed E-state index contributed by atoms with van der Waals surface area (Å²) >= 11 is 5.04. The van der Waals surface area contributed by atoms with E-state index in [9.17, 15) is 0 Å². The van der Waals surface area contributed by atoms with Gasteiger partial charge < -0.3 is 0 Å². The van der Waals surface area contributed by atoms with Gasteiger partial charge in [-0.3, -0.25) is 0 Å². The van der Waals surface area contributed by atoms with Gasteiger partial charge >= 0.3 is 0 Å². The number of aromatic nitrogens is 4. The van der Waals surface area contributed by atoms with Crippen molar-refractivity contribution in [2.45, 2.75) is 19.8 Å². The van der Waals surface area contributed by atoms with Gasteiger partial charge in [0, 0.05) is 17.3 Å². The van der Waals surface area contributed by atoms with Crippen LogP contribution in [0.25, 0.3) is 4.96 Å². The van der Waals surface area contributed by atoms with Crippen LogP contribution in [0, 0.1) is 0 Å². The maximum atomic E-state index is 4.56. The zero-order valence-electron chi connectivity index (χ0n) is 9.80. The van der Waals surface area contributed by atoms with Crippen molar-refractivity contribution in [3.8, 4) is 0 Å². The van der Waals surface area contributed by atoms with Crippen LogP contribution in [-0.4, -0.2) is 19.8 Å². The lowest BCUT2D eigenvalue weighted by atomic mass is 10.2. The third-order valence-electron chi connectivity index (χ3n) is 2.68. The summed E-state index contributed by atoms with van der Waals surface area (Å²) in [5, 5.41) is 13.8. The number of halogens is 1. The molecule has 92 valence electrons. The predicted molar refractivity (Wildman–Crippen MR) is 75.0 cm³/mol. The molecule has 2 aromatic heterocycles. The van der Waals surface area contributed by atoms with Gasteiger partial charge in [0.05, 0.1) is 0 Å². The van der Waals surface area contributed by atoms with Crippen LogP contribution in [0.3, 0.4) is 0 Å². The Balaban J connectivity index is 1.90. The van der Waals surface area contributed by atoms with E-state index in [1.807, 2.05) is 16.6 Å². The van der Waals surface area contributed by atoms with Gasteiger partial charge in [0.1, 0.15) is 5.01 Å². The molecule has 0 spiro atoms. The zero-order chi connectivity index (χ0) is 12.5. The Kier molecular flexibility index (Phi) is 3.13. The monoisotopic (exact) mass is 322 g/mol. The molecule has 6 heteroatoms. The first-order valence-electron chi connectivity index (χ1n) is 5.70. The molecule has 2 heterocycles. The molecule has 1 aromatic carbocycles. The highest BCUT2D eigenvalue weighted by atomic mass is 79.9. The summed E-state index contributed by atoms with van der Waals surface area (Å²) in [6, 6.07) is 8.31. The van der Waals surface area contributed by atoms with Crippen LogP contribution in [0.15, 0.2) is 28.7 Å². The molecule has 0 radical (unpaired) electrons. The third kappa shape index (κ3) is 2.18. The highest BCUT2D eigenvalue weighted by molar-refractivity contribution is 9.10. The maximum Gasteiger partial charge on any atom is 0.234 e. The fourth-order valence-electron chi connectivity index (χ4n) is 1.77. The largest absolute Gasteiger partial charge is 0.234 e. The van der Waals surface area contributed by atoms with Crippen molar-refractivity contribution < 1.29 is 0 Å². The minimum Gasteiger partial charge on any atom is -0.187 e. The number of hydrogen-bond donors (Lipinski definition) is 0. The molecular weight excluding hydrogens is 312 g/mol. The van der Waals surface area contributed by atoms with Gasteiger partial charge in [-0.2, -0.15) is 9.61 Å². The van der Waals surface area contributed by atoms with Gasteiger partial charge in [-0.1, -0.05) is 46.3 Å². The van der Waals surface area contributed by atoms with Crippen molar-refractivity contribution >= 4 is 32.2 Å². The second-order valence-electron chi connectivity index (χ2n) is 3.96. The van der Waals surface area contributed by atoms with Crippen molar-refractivity contribution in [2.24, 2.45) is 0 Å². The Bertz CT molecular complexity index is 671. The van der Waals surface area contributed by atoms with Crippen molar-refractivity contribution in [1.29, 1.82) is 0 Å². The summed E-state index contributed by atoms with van der Waals surface area (Å²) in [6.45, 7) is 2.06. The fraction of sp³-hybridized carbons (Fsp3) is 0.250. The second kappa shape index (κ2) is 4.78. The van der Waals surface area contributed by atoms with Crippen molar-refractivity contribution in [3.63, 3.8) is 0 Å². The standard InChI is InChI=1S/C12H11BrN4S/c1-2-10-14-15-12-17(10)16-11(18-12)7-8-3-5-9(13)6-4-8/h3-6H,2,7H2,1H3. The van der Waals surface area contributed by atoms with E-state index >= 15 is 0 Å². The molecule has 0 N–H and O–H groups in total. The maximum absolute atomic E-state index is 4.56. The van der Waals surface area contributed by atoms with Crippen molar-refractivity contribution in [3.05, 3.63) is 45.1 Å². The minimum atomic E-state index is 0.838. The van der Waals surface area contributed by atoms with Crippen LogP contribution in [0.2, 0.25) is 0 Å². The Hall–Kier alpha value is -1.27. The van der Waals surface area contributed by atoms with Gasteiger partial charge in [-0.15, -0.1) is 10.2 Å². The van der Waals surface area contributed by atoms with Gasteiger partial charge in [-0.25, -0.2) is 0 Å². The molecular formula is C12H11BrN4S. The first kappa shape index (κ1) is 11.8. The molecule has 0 saturated carbocycles. The van der Waals surface area contributed by atoms with Crippen LogP contribution < -0.4 is 0 Å². The molecule has 18 heavy (non-hydrogen) atoms. The quantitative estimate of drug-likeness (QED) is 0.744. The number of benzene rings is 1. The Morgan fingerprint density at radius 1 is 1.22 bits per heavy atom. The summed E-state index contributed by atoms with van der Waals surface area (Å²) in [5.41, 5.74) is 1.25. The smallest absolute Gasteiger partial charge is 0.187 e. The zero-order valence-corrected chi connectivity index (χ0v) is 12.2. The van der Waals surface area contributed by atoms with Crippen molar-refractivity contribution in [2.75, 3.05) is 0 Å². The summed E-state index contributed by atoms with van der Waals surface area (Å²) in [6.07, 6.45) is 1.69. The second-order valence-corrected chi connectivity index (χ2v) is 5.92. The van der Waals surface area contributed by atoms with Gasteiger partial charge in [0.25, 0.3) is 0 Å². The molecule has 3 aromatic rings. The Morgan fingerprint density at radius 3 is 2.72 bits per heavy atom. The van der Waals surface area contributed by atoms with Crippen LogP contribution in [0.5, 0.6) is 0 Å². The van der Waals surface area contributed by atoms with E-state index in [0.717, 1.165) is 33.1 Å². The fourth-order valence-corrected chi connectivity index (χ4v) is 2.92. The van der Waals surface area contributed by atoms with Gasteiger partial charge in [0.2, 0.25) is 4.96 Å². The van der Waals surface area contributed by atoms with Crippen molar-refractivity contribution in [1.82, 2.24) is 19.8 Å². The summed E-state index contributed by atoms with van der Waals surface area (Å²) < 4.78 is 2.94. The number of hydrogen-bond acceptors (Lipinski definition) is 4. The molecule has 0 aliphatic rings. The van der Waals surface area contributed by atoms with Crippen LogP contribution >= 0.6 is 27.3 Å². The number of nitrogens with zero attached hydrogens (tertiary/aromatic N) is 4. The van der Waals surface area contributed by atoms with E-state index < -0.39 is 0 Å².